The summed E-state index contributed by atoms with van der Waals surface area (Å²) in [6.45, 7) is 0.533. The number of likely N-dealkylation sites (tertiary alicyclic amines) is 1. The number of hydrogen-bond donors (Lipinski definition) is 1. The van der Waals surface area contributed by atoms with Crippen molar-refractivity contribution in [3.63, 3.8) is 0 Å². The lowest BCUT2D eigenvalue weighted by Gasteiger charge is -2.36. The number of hydrogen-bond acceptors (Lipinski definition) is 1. The van der Waals surface area contributed by atoms with Gasteiger partial charge in [0.25, 0.3) is 0 Å². The van der Waals surface area contributed by atoms with Crippen molar-refractivity contribution in [1.82, 2.24) is 9.47 Å². The second-order valence-electron chi connectivity index (χ2n) is 5.57. The number of benzene rings is 1. The summed E-state index contributed by atoms with van der Waals surface area (Å²) in [4.78, 5) is 12.2. The molecule has 6 heteroatoms. The summed E-state index contributed by atoms with van der Waals surface area (Å²) >= 11 is 3.48. The Morgan fingerprint density at radius 1 is 1.43 bits per heavy atom. The first-order valence-corrected chi connectivity index (χ1v) is 7.68. The molecule has 112 valence electrons. The molecule has 0 saturated carbocycles. The van der Waals surface area contributed by atoms with Gasteiger partial charge in [-0.3, -0.25) is 0 Å². The van der Waals surface area contributed by atoms with Crippen molar-refractivity contribution >= 4 is 32.9 Å². The molecular formula is C15H16BrFN2O2. The molecule has 1 aromatic heterocycles. The van der Waals surface area contributed by atoms with Gasteiger partial charge in [0.15, 0.2) is 0 Å². The number of amides is 1. The van der Waals surface area contributed by atoms with E-state index in [4.69, 9.17) is 5.11 Å². The molecule has 1 aliphatic heterocycles. The normalized spacial score (nSPS) is 22.7. The second-order valence-corrected chi connectivity index (χ2v) is 6.43. The zero-order valence-electron chi connectivity index (χ0n) is 11.4. The lowest BCUT2D eigenvalue weighted by atomic mass is 9.94. The standard InChI is InChI=1S/C15H16BrFN2O2/c16-12-3-1-4-13-11(12)5-8-18(13)9-15(17)6-2-7-19(10-15)14(20)21/h1,3-5,8H,2,6-7,9-10H2,(H,20,21)/t15-/m1/s1. The Labute approximate surface area is 130 Å². The van der Waals surface area contributed by atoms with E-state index >= 15 is 4.39 Å². The molecular weight excluding hydrogens is 339 g/mol. The van der Waals surface area contributed by atoms with Crippen LogP contribution in [0.15, 0.2) is 34.9 Å². The van der Waals surface area contributed by atoms with Crippen molar-refractivity contribution in [3.8, 4) is 0 Å². The minimum absolute atomic E-state index is 0.0595. The number of rotatable bonds is 2. The summed E-state index contributed by atoms with van der Waals surface area (Å²) in [5.74, 6) is 0. The molecule has 4 nitrogen and oxygen atoms in total. The van der Waals surface area contributed by atoms with Gasteiger partial charge in [-0.2, -0.15) is 0 Å². The van der Waals surface area contributed by atoms with Crippen LogP contribution >= 0.6 is 15.9 Å². The molecule has 21 heavy (non-hydrogen) atoms. The zero-order chi connectivity index (χ0) is 15.0. The van der Waals surface area contributed by atoms with Gasteiger partial charge in [-0.1, -0.05) is 22.0 Å². The van der Waals surface area contributed by atoms with Gasteiger partial charge in [-0.15, -0.1) is 0 Å². The highest BCUT2D eigenvalue weighted by Crippen LogP contribution is 2.31. The second kappa shape index (κ2) is 5.33. The van der Waals surface area contributed by atoms with E-state index in [1.165, 1.54) is 4.90 Å². The minimum Gasteiger partial charge on any atom is -0.465 e. The van der Waals surface area contributed by atoms with Gasteiger partial charge < -0.3 is 14.6 Å². The molecule has 2 aromatic rings. The quantitative estimate of drug-likeness (QED) is 0.889. The Balaban J connectivity index is 1.87. The van der Waals surface area contributed by atoms with Crippen molar-refractivity contribution in [3.05, 3.63) is 34.9 Å². The molecule has 1 saturated heterocycles. The number of halogens is 2. The summed E-state index contributed by atoms with van der Waals surface area (Å²) in [5, 5.41) is 10.1. The monoisotopic (exact) mass is 354 g/mol. The third-order valence-electron chi connectivity index (χ3n) is 4.01. The van der Waals surface area contributed by atoms with E-state index < -0.39 is 11.8 Å². The van der Waals surface area contributed by atoms with E-state index in [1.807, 2.05) is 35.0 Å². The van der Waals surface area contributed by atoms with Gasteiger partial charge in [0.1, 0.15) is 5.67 Å². The molecule has 0 aliphatic carbocycles. The van der Waals surface area contributed by atoms with Crippen molar-refractivity contribution < 1.29 is 14.3 Å². The third-order valence-corrected chi connectivity index (χ3v) is 4.70. The molecule has 1 N–H and O–H groups in total. The molecule has 0 radical (unpaired) electrons. The molecule has 1 aliphatic rings. The fraction of sp³-hybridized carbons (Fsp3) is 0.400. The first-order valence-electron chi connectivity index (χ1n) is 6.89. The van der Waals surface area contributed by atoms with Crippen LogP contribution in [0.4, 0.5) is 9.18 Å². The number of piperidine rings is 1. The Morgan fingerprint density at radius 3 is 3.00 bits per heavy atom. The van der Waals surface area contributed by atoms with Crippen LogP contribution in [-0.2, 0) is 6.54 Å². The van der Waals surface area contributed by atoms with E-state index in [1.54, 1.807) is 0 Å². The Kier molecular flexibility index (Phi) is 3.65. The zero-order valence-corrected chi connectivity index (χ0v) is 13.0. The van der Waals surface area contributed by atoms with Gasteiger partial charge in [-0.25, -0.2) is 9.18 Å². The van der Waals surface area contributed by atoms with Crippen LogP contribution in [-0.4, -0.2) is 39.4 Å². The summed E-state index contributed by atoms with van der Waals surface area (Å²) in [5.41, 5.74) is -0.556. The smallest absolute Gasteiger partial charge is 0.407 e. The van der Waals surface area contributed by atoms with Gasteiger partial charge in [0.2, 0.25) is 0 Å². The molecule has 0 spiro atoms. The summed E-state index contributed by atoms with van der Waals surface area (Å²) in [7, 11) is 0. The molecule has 1 amide bonds. The van der Waals surface area contributed by atoms with Crippen LogP contribution in [0.3, 0.4) is 0 Å². The number of carboxylic acid groups (broad SMARTS) is 1. The highest BCUT2D eigenvalue weighted by atomic mass is 79.9. The molecule has 3 rings (SSSR count). The average molecular weight is 355 g/mol. The predicted octanol–water partition coefficient (Wildman–Crippen LogP) is 3.89. The Morgan fingerprint density at radius 2 is 2.24 bits per heavy atom. The fourth-order valence-corrected chi connectivity index (χ4v) is 3.50. The summed E-state index contributed by atoms with van der Waals surface area (Å²) < 4.78 is 17.9. The maximum Gasteiger partial charge on any atom is 0.407 e. The van der Waals surface area contributed by atoms with Crippen LogP contribution < -0.4 is 0 Å². The van der Waals surface area contributed by atoms with Crippen LogP contribution in [0.5, 0.6) is 0 Å². The Bertz CT molecular complexity index is 687. The molecule has 0 bridgehead atoms. The molecule has 1 atom stereocenters. The number of alkyl halides is 1. The van der Waals surface area contributed by atoms with E-state index in [0.717, 1.165) is 15.4 Å². The van der Waals surface area contributed by atoms with Crippen molar-refractivity contribution in [2.24, 2.45) is 0 Å². The van der Waals surface area contributed by atoms with Crippen molar-refractivity contribution in [2.45, 2.75) is 25.1 Å². The number of carbonyl (C=O) groups is 1. The van der Waals surface area contributed by atoms with Gasteiger partial charge in [0.05, 0.1) is 13.1 Å². The number of nitrogens with zero attached hydrogens (tertiary/aromatic N) is 2. The van der Waals surface area contributed by atoms with E-state index in [-0.39, 0.29) is 13.1 Å². The minimum atomic E-state index is -1.51. The Hall–Kier alpha value is -1.56. The third kappa shape index (κ3) is 2.77. The van der Waals surface area contributed by atoms with Crippen LogP contribution in [0.1, 0.15) is 12.8 Å². The average Bonchev–Trinajstić information content (AvgIpc) is 2.83. The van der Waals surface area contributed by atoms with Crippen molar-refractivity contribution in [1.29, 1.82) is 0 Å². The highest BCUT2D eigenvalue weighted by molar-refractivity contribution is 9.10. The molecule has 0 unspecified atom stereocenters. The topological polar surface area (TPSA) is 45.5 Å². The molecule has 1 aromatic carbocycles. The molecule has 2 heterocycles. The summed E-state index contributed by atoms with van der Waals surface area (Å²) in [6.07, 6.45) is 1.77. The van der Waals surface area contributed by atoms with E-state index in [2.05, 4.69) is 15.9 Å². The van der Waals surface area contributed by atoms with Gasteiger partial charge in [-0.05, 0) is 31.0 Å². The fourth-order valence-electron chi connectivity index (χ4n) is 3.01. The first kappa shape index (κ1) is 14.4. The number of aromatic nitrogens is 1. The maximum atomic E-state index is 15.0. The van der Waals surface area contributed by atoms with Crippen LogP contribution in [0.2, 0.25) is 0 Å². The molecule has 1 fully saturated rings. The van der Waals surface area contributed by atoms with Gasteiger partial charge in [0, 0.05) is 28.1 Å². The highest BCUT2D eigenvalue weighted by Gasteiger charge is 2.37. The lowest BCUT2D eigenvalue weighted by molar-refractivity contribution is 0.0339. The maximum absolute atomic E-state index is 15.0. The van der Waals surface area contributed by atoms with E-state index in [0.29, 0.717) is 19.4 Å². The van der Waals surface area contributed by atoms with Crippen molar-refractivity contribution in [2.75, 3.05) is 13.1 Å². The van der Waals surface area contributed by atoms with Crippen LogP contribution in [0, 0.1) is 0 Å². The van der Waals surface area contributed by atoms with Crippen LogP contribution in [0.25, 0.3) is 10.9 Å². The predicted molar refractivity (Wildman–Crippen MR) is 82.3 cm³/mol. The first-order chi connectivity index (χ1) is 9.98. The summed E-state index contributed by atoms with van der Waals surface area (Å²) in [6, 6.07) is 7.75. The largest absolute Gasteiger partial charge is 0.465 e. The number of fused-ring (bicyclic) bond motifs is 1. The van der Waals surface area contributed by atoms with E-state index in [9.17, 15) is 4.79 Å². The van der Waals surface area contributed by atoms with Gasteiger partial charge >= 0.3 is 6.09 Å². The SMILES string of the molecule is O=C(O)N1CCC[C@@](F)(Cn2ccc3c(Br)cccc32)C1. The lowest BCUT2D eigenvalue weighted by Crippen LogP contribution is -2.49.